The number of hydrogen-bond acceptors (Lipinski definition) is 3. The molecular weight excluding hydrogens is 204 g/mol. The lowest BCUT2D eigenvalue weighted by Crippen LogP contribution is -2.19. The van der Waals surface area contributed by atoms with Crippen LogP contribution in [0.4, 0.5) is 4.79 Å². The molecule has 0 aliphatic rings. The van der Waals surface area contributed by atoms with E-state index in [0.29, 0.717) is 5.88 Å². The van der Waals surface area contributed by atoms with Crippen LogP contribution in [0.1, 0.15) is 39.0 Å². The van der Waals surface area contributed by atoms with E-state index >= 15 is 0 Å². The van der Waals surface area contributed by atoms with E-state index in [9.17, 15) is 4.79 Å². The largest absolute Gasteiger partial charge is 0.508 e. The highest BCUT2D eigenvalue weighted by Gasteiger charge is 2.12. The second-order valence-electron chi connectivity index (χ2n) is 3.20. The van der Waals surface area contributed by atoms with Gasteiger partial charge in [0.25, 0.3) is 0 Å². The SMILES string of the molecule is CCCCCCC(CCl)OC(=O)OC. The second-order valence-corrected chi connectivity index (χ2v) is 3.51. The topological polar surface area (TPSA) is 35.5 Å². The van der Waals surface area contributed by atoms with Gasteiger partial charge in [0, 0.05) is 0 Å². The van der Waals surface area contributed by atoms with E-state index in [1.807, 2.05) is 0 Å². The fraction of sp³-hybridized carbons (Fsp3) is 0.900. The molecule has 0 fully saturated rings. The molecule has 0 N–H and O–H groups in total. The predicted octanol–water partition coefficient (Wildman–Crippen LogP) is 3.35. The van der Waals surface area contributed by atoms with Crippen LogP contribution in [0.25, 0.3) is 0 Å². The first-order valence-electron chi connectivity index (χ1n) is 5.05. The van der Waals surface area contributed by atoms with Gasteiger partial charge in [-0.3, -0.25) is 0 Å². The fourth-order valence-corrected chi connectivity index (χ4v) is 1.37. The van der Waals surface area contributed by atoms with Crippen LogP contribution < -0.4 is 0 Å². The monoisotopic (exact) mass is 222 g/mol. The normalized spacial score (nSPS) is 12.2. The Kier molecular flexibility index (Phi) is 8.84. The molecule has 0 rings (SSSR count). The molecule has 0 aliphatic heterocycles. The lowest BCUT2D eigenvalue weighted by molar-refractivity contribution is 0.0409. The van der Waals surface area contributed by atoms with Crippen LogP contribution in [0.15, 0.2) is 0 Å². The molecule has 0 saturated carbocycles. The van der Waals surface area contributed by atoms with Gasteiger partial charge in [-0.05, 0) is 12.8 Å². The van der Waals surface area contributed by atoms with Gasteiger partial charge in [-0.1, -0.05) is 26.2 Å². The van der Waals surface area contributed by atoms with Crippen LogP contribution in [0.2, 0.25) is 0 Å². The van der Waals surface area contributed by atoms with Gasteiger partial charge in [0.1, 0.15) is 6.10 Å². The minimum absolute atomic E-state index is 0.207. The average Bonchev–Trinajstić information content (AvgIpc) is 2.22. The van der Waals surface area contributed by atoms with E-state index in [1.54, 1.807) is 0 Å². The summed E-state index contributed by atoms with van der Waals surface area (Å²) < 4.78 is 9.33. The van der Waals surface area contributed by atoms with Crippen molar-refractivity contribution in [2.45, 2.75) is 45.1 Å². The zero-order valence-electron chi connectivity index (χ0n) is 8.92. The molecule has 0 aromatic heterocycles. The molecule has 84 valence electrons. The summed E-state index contributed by atoms with van der Waals surface area (Å²) in [5.41, 5.74) is 0. The number of carbonyl (C=O) groups is 1. The van der Waals surface area contributed by atoms with Crippen molar-refractivity contribution in [2.24, 2.45) is 0 Å². The highest BCUT2D eigenvalue weighted by atomic mass is 35.5. The van der Waals surface area contributed by atoms with E-state index < -0.39 is 6.16 Å². The Labute approximate surface area is 90.7 Å². The van der Waals surface area contributed by atoms with Crippen LogP contribution in [-0.2, 0) is 9.47 Å². The van der Waals surface area contributed by atoms with Gasteiger partial charge in [0.05, 0.1) is 13.0 Å². The molecule has 0 bridgehead atoms. The highest BCUT2D eigenvalue weighted by molar-refractivity contribution is 6.18. The summed E-state index contributed by atoms with van der Waals surface area (Å²) in [5.74, 6) is 0.335. The van der Waals surface area contributed by atoms with Gasteiger partial charge in [-0.25, -0.2) is 4.79 Å². The van der Waals surface area contributed by atoms with Crippen molar-refractivity contribution in [3.8, 4) is 0 Å². The predicted molar refractivity (Wildman–Crippen MR) is 56.8 cm³/mol. The van der Waals surface area contributed by atoms with Crippen molar-refractivity contribution in [3.63, 3.8) is 0 Å². The lowest BCUT2D eigenvalue weighted by atomic mass is 10.1. The minimum atomic E-state index is -0.647. The standard InChI is InChI=1S/C10H19ClO3/c1-3-4-5-6-7-9(8-11)14-10(12)13-2/h9H,3-8H2,1-2H3. The number of rotatable bonds is 7. The highest BCUT2D eigenvalue weighted by Crippen LogP contribution is 2.10. The third kappa shape index (κ3) is 7.01. The molecule has 14 heavy (non-hydrogen) atoms. The maximum atomic E-state index is 10.8. The fourth-order valence-electron chi connectivity index (χ4n) is 1.15. The molecule has 0 spiro atoms. The van der Waals surface area contributed by atoms with E-state index in [2.05, 4.69) is 11.7 Å². The number of alkyl halides is 1. The Bertz CT molecular complexity index is 150. The number of methoxy groups -OCH3 is 1. The zero-order valence-corrected chi connectivity index (χ0v) is 9.68. The number of hydrogen-bond donors (Lipinski definition) is 0. The molecule has 0 aliphatic carbocycles. The van der Waals surface area contributed by atoms with Crippen molar-refractivity contribution in [1.82, 2.24) is 0 Å². The van der Waals surface area contributed by atoms with Gasteiger partial charge in [0.15, 0.2) is 0 Å². The second kappa shape index (κ2) is 9.13. The van der Waals surface area contributed by atoms with Crippen LogP contribution in [0.3, 0.4) is 0 Å². The van der Waals surface area contributed by atoms with E-state index in [-0.39, 0.29) is 6.10 Å². The van der Waals surface area contributed by atoms with E-state index in [1.165, 1.54) is 20.0 Å². The van der Waals surface area contributed by atoms with Crippen LogP contribution in [0, 0.1) is 0 Å². The van der Waals surface area contributed by atoms with Crippen LogP contribution >= 0.6 is 11.6 Å². The first-order chi connectivity index (χ1) is 6.74. The Morgan fingerprint density at radius 1 is 1.36 bits per heavy atom. The summed E-state index contributed by atoms with van der Waals surface area (Å²) in [6.45, 7) is 2.16. The van der Waals surface area contributed by atoms with Crippen molar-refractivity contribution in [3.05, 3.63) is 0 Å². The number of halogens is 1. The Morgan fingerprint density at radius 3 is 2.57 bits per heavy atom. The van der Waals surface area contributed by atoms with Gasteiger partial charge >= 0.3 is 6.16 Å². The van der Waals surface area contributed by atoms with Crippen molar-refractivity contribution in [1.29, 1.82) is 0 Å². The zero-order chi connectivity index (χ0) is 10.8. The van der Waals surface area contributed by atoms with Crippen molar-refractivity contribution in [2.75, 3.05) is 13.0 Å². The molecule has 1 atom stereocenters. The summed E-state index contributed by atoms with van der Waals surface area (Å²) in [6.07, 6.45) is 4.58. The number of unbranched alkanes of at least 4 members (excludes halogenated alkanes) is 3. The van der Waals surface area contributed by atoms with Gasteiger partial charge in [0.2, 0.25) is 0 Å². The van der Waals surface area contributed by atoms with Crippen molar-refractivity contribution < 1.29 is 14.3 Å². The molecule has 0 heterocycles. The summed E-state index contributed by atoms with van der Waals surface area (Å²) in [6, 6.07) is 0. The first-order valence-corrected chi connectivity index (χ1v) is 5.58. The molecule has 0 aromatic rings. The molecule has 0 radical (unpaired) electrons. The molecule has 0 saturated heterocycles. The molecule has 4 heteroatoms. The molecule has 3 nitrogen and oxygen atoms in total. The number of ether oxygens (including phenoxy) is 2. The Hall–Kier alpha value is -0.440. The van der Waals surface area contributed by atoms with Gasteiger partial charge in [-0.2, -0.15) is 0 Å². The van der Waals surface area contributed by atoms with Crippen molar-refractivity contribution >= 4 is 17.8 Å². The van der Waals surface area contributed by atoms with Gasteiger partial charge in [-0.15, -0.1) is 11.6 Å². The maximum absolute atomic E-state index is 10.8. The van der Waals surface area contributed by atoms with Crippen LogP contribution in [0.5, 0.6) is 0 Å². The molecule has 0 amide bonds. The summed E-state index contributed by atoms with van der Waals surface area (Å²) in [4.78, 5) is 10.8. The molecule has 0 aromatic carbocycles. The average molecular weight is 223 g/mol. The number of carbonyl (C=O) groups excluding carboxylic acids is 1. The lowest BCUT2D eigenvalue weighted by Gasteiger charge is -2.13. The quantitative estimate of drug-likeness (QED) is 0.377. The van der Waals surface area contributed by atoms with Crippen LogP contribution in [-0.4, -0.2) is 25.2 Å². The molecule has 1 unspecified atom stereocenters. The Balaban J connectivity index is 3.52. The maximum Gasteiger partial charge on any atom is 0.508 e. The minimum Gasteiger partial charge on any atom is -0.438 e. The summed E-state index contributed by atoms with van der Waals surface area (Å²) >= 11 is 5.65. The Morgan fingerprint density at radius 2 is 2.07 bits per heavy atom. The smallest absolute Gasteiger partial charge is 0.438 e. The third-order valence-corrected chi connectivity index (χ3v) is 2.33. The van der Waals surface area contributed by atoms with Gasteiger partial charge < -0.3 is 9.47 Å². The molecular formula is C10H19ClO3. The van der Waals surface area contributed by atoms with E-state index in [4.69, 9.17) is 16.3 Å². The first kappa shape index (κ1) is 13.6. The summed E-state index contributed by atoms with van der Waals surface area (Å²) in [7, 11) is 1.30. The van der Waals surface area contributed by atoms with E-state index in [0.717, 1.165) is 19.3 Å². The third-order valence-electron chi connectivity index (χ3n) is 1.98. The summed E-state index contributed by atoms with van der Waals surface area (Å²) in [5, 5.41) is 0.